The summed E-state index contributed by atoms with van der Waals surface area (Å²) in [6, 6.07) is 16.0. The number of carbonyl (C=O) groups excluding carboxylic acids is 2. The van der Waals surface area contributed by atoms with Gasteiger partial charge in [0.2, 0.25) is 5.78 Å². The zero-order valence-corrected chi connectivity index (χ0v) is 13.7. The van der Waals surface area contributed by atoms with Gasteiger partial charge in [-0.2, -0.15) is 0 Å². The molecule has 2 aromatic carbocycles. The standard InChI is InChI=1S/C19H17N3O3/c1-12(13-7-3-2-4-8-13)20-19(25)17(23)11-16-18(24)22-15-10-6-5-9-14(15)21-16/h2-10,12H,11H2,1H3,(H,20,25)(H,22,24). The number of carbonyl (C=O) groups is 2. The minimum atomic E-state index is -0.731. The number of rotatable bonds is 5. The fraction of sp³-hybridized carbons (Fsp3) is 0.158. The molecule has 0 spiro atoms. The number of nitrogens with one attached hydrogen (secondary N) is 2. The molecule has 0 saturated heterocycles. The van der Waals surface area contributed by atoms with Crippen molar-refractivity contribution in [2.75, 3.05) is 0 Å². The summed E-state index contributed by atoms with van der Waals surface area (Å²) in [5.41, 5.74) is 1.63. The first-order chi connectivity index (χ1) is 12.0. The number of aromatic nitrogens is 2. The second kappa shape index (κ2) is 7.09. The summed E-state index contributed by atoms with van der Waals surface area (Å²) >= 11 is 0. The number of H-pyrrole nitrogens is 1. The molecule has 1 atom stereocenters. The third-order valence-corrected chi connectivity index (χ3v) is 3.90. The minimum absolute atomic E-state index is 0.0335. The van der Waals surface area contributed by atoms with Gasteiger partial charge in [0.05, 0.1) is 23.5 Å². The SMILES string of the molecule is CC(NC(=O)C(=O)Cc1nc2ccccc2[nH]c1=O)c1ccccc1. The van der Waals surface area contributed by atoms with Crippen molar-refractivity contribution < 1.29 is 9.59 Å². The topological polar surface area (TPSA) is 91.9 Å². The Morgan fingerprint density at radius 3 is 2.52 bits per heavy atom. The van der Waals surface area contributed by atoms with Crippen molar-refractivity contribution in [1.82, 2.24) is 15.3 Å². The van der Waals surface area contributed by atoms with E-state index in [4.69, 9.17) is 0 Å². The van der Waals surface area contributed by atoms with Crippen molar-refractivity contribution in [1.29, 1.82) is 0 Å². The molecule has 1 amide bonds. The highest BCUT2D eigenvalue weighted by atomic mass is 16.2. The van der Waals surface area contributed by atoms with Gasteiger partial charge in [0, 0.05) is 0 Å². The lowest BCUT2D eigenvalue weighted by Crippen LogP contribution is -2.35. The zero-order valence-electron chi connectivity index (χ0n) is 13.7. The third kappa shape index (κ3) is 3.80. The predicted octanol–water partition coefficient (Wildman–Crippen LogP) is 1.91. The van der Waals surface area contributed by atoms with Crippen LogP contribution in [-0.2, 0) is 16.0 Å². The fourth-order valence-electron chi connectivity index (χ4n) is 2.52. The Labute approximate surface area is 143 Å². The zero-order chi connectivity index (χ0) is 17.8. The normalized spacial score (nSPS) is 11.9. The maximum absolute atomic E-state index is 12.2. The Balaban J connectivity index is 1.72. The van der Waals surface area contributed by atoms with Gasteiger partial charge in [-0.1, -0.05) is 42.5 Å². The Morgan fingerprint density at radius 2 is 1.76 bits per heavy atom. The molecule has 0 fully saturated rings. The number of amides is 1. The van der Waals surface area contributed by atoms with E-state index >= 15 is 0 Å². The van der Waals surface area contributed by atoms with Crippen LogP contribution in [0.4, 0.5) is 0 Å². The van der Waals surface area contributed by atoms with Crippen LogP contribution in [0.15, 0.2) is 59.4 Å². The average molecular weight is 335 g/mol. The van der Waals surface area contributed by atoms with Gasteiger partial charge in [0.15, 0.2) is 0 Å². The van der Waals surface area contributed by atoms with Gasteiger partial charge in [0.1, 0.15) is 5.69 Å². The summed E-state index contributed by atoms with van der Waals surface area (Å²) < 4.78 is 0. The highest BCUT2D eigenvalue weighted by molar-refractivity contribution is 6.36. The Kier molecular flexibility index (Phi) is 4.70. The number of hydrogen-bond donors (Lipinski definition) is 2. The number of hydrogen-bond acceptors (Lipinski definition) is 4. The third-order valence-electron chi connectivity index (χ3n) is 3.90. The van der Waals surface area contributed by atoms with Crippen LogP contribution < -0.4 is 10.9 Å². The summed E-state index contributed by atoms with van der Waals surface area (Å²) in [4.78, 5) is 43.2. The highest BCUT2D eigenvalue weighted by Gasteiger charge is 2.19. The number of para-hydroxylation sites is 2. The average Bonchev–Trinajstić information content (AvgIpc) is 2.63. The van der Waals surface area contributed by atoms with E-state index in [2.05, 4.69) is 15.3 Å². The summed E-state index contributed by atoms with van der Waals surface area (Å²) in [5.74, 6) is -1.43. The van der Waals surface area contributed by atoms with Gasteiger partial charge in [0.25, 0.3) is 11.5 Å². The molecular weight excluding hydrogens is 318 g/mol. The van der Waals surface area contributed by atoms with Crippen LogP contribution in [0.2, 0.25) is 0 Å². The van der Waals surface area contributed by atoms with Crippen LogP contribution in [0.5, 0.6) is 0 Å². The van der Waals surface area contributed by atoms with Crippen molar-refractivity contribution in [3.05, 3.63) is 76.2 Å². The van der Waals surface area contributed by atoms with Crippen molar-refractivity contribution in [2.45, 2.75) is 19.4 Å². The van der Waals surface area contributed by atoms with Crippen molar-refractivity contribution in [3.63, 3.8) is 0 Å². The van der Waals surface area contributed by atoms with Crippen molar-refractivity contribution >= 4 is 22.7 Å². The molecular formula is C19H17N3O3. The Morgan fingerprint density at radius 1 is 1.08 bits per heavy atom. The van der Waals surface area contributed by atoms with E-state index in [1.165, 1.54) is 0 Å². The molecule has 6 nitrogen and oxygen atoms in total. The first-order valence-electron chi connectivity index (χ1n) is 7.91. The van der Waals surface area contributed by atoms with Crippen LogP contribution in [0.3, 0.4) is 0 Å². The molecule has 6 heteroatoms. The lowest BCUT2D eigenvalue weighted by atomic mass is 10.1. The van der Waals surface area contributed by atoms with Gasteiger partial charge < -0.3 is 10.3 Å². The van der Waals surface area contributed by atoms with Crippen LogP contribution >= 0.6 is 0 Å². The number of fused-ring (bicyclic) bond motifs is 1. The van der Waals surface area contributed by atoms with Crippen LogP contribution in [0.25, 0.3) is 11.0 Å². The molecule has 1 heterocycles. The smallest absolute Gasteiger partial charge is 0.288 e. The first-order valence-corrected chi connectivity index (χ1v) is 7.91. The highest BCUT2D eigenvalue weighted by Crippen LogP contribution is 2.11. The van der Waals surface area contributed by atoms with E-state index in [9.17, 15) is 14.4 Å². The molecule has 0 aliphatic rings. The van der Waals surface area contributed by atoms with E-state index < -0.39 is 17.2 Å². The molecule has 3 rings (SSSR count). The molecule has 0 aliphatic heterocycles. The quantitative estimate of drug-likeness (QED) is 0.697. The maximum atomic E-state index is 12.2. The summed E-state index contributed by atoms with van der Waals surface area (Å²) in [7, 11) is 0. The summed E-state index contributed by atoms with van der Waals surface area (Å²) in [6.45, 7) is 1.79. The second-order valence-electron chi connectivity index (χ2n) is 5.74. The van der Waals surface area contributed by atoms with Gasteiger partial charge >= 0.3 is 0 Å². The molecule has 25 heavy (non-hydrogen) atoms. The Hall–Kier alpha value is -3.28. The van der Waals surface area contributed by atoms with Crippen LogP contribution in [-0.4, -0.2) is 21.7 Å². The summed E-state index contributed by atoms with van der Waals surface area (Å²) in [6.07, 6.45) is -0.340. The van der Waals surface area contributed by atoms with Crippen LogP contribution in [0, 0.1) is 0 Å². The van der Waals surface area contributed by atoms with E-state index in [1.807, 2.05) is 30.3 Å². The fourth-order valence-corrected chi connectivity index (χ4v) is 2.52. The largest absolute Gasteiger partial charge is 0.343 e. The molecule has 3 aromatic rings. The minimum Gasteiger partial charge on any atom is -0.343 e. The molecule has 0 bridgehead atoms. The van der Waals surface area contributed by atoms with Gasteiger partial charge in [-0.25, -0.2) is 4.98 Å². The lowest BCUT2D eigenvalue weighted by Gasteiger charge is -2.13. The number of Topliss-reactive ketones (excluding diaryl/α,β-unsaturated/α-hetero) is 1. The molecule has 0 aliphatic carbocycles. The van der Waals surface area contributed by atoms with Crippen molar-refractivity contribution in [2.24, 2.45) is 0 Å². The second-order valence-corrected chi connectivity index (χ2v) is 5.74. The van der Waals surface area contributed by atoms with Crippen molar-refractivity contribution in [3.8, 4) is 0 Å². The van der Waals surface area contributed by atoms with E-state index in [0.29, 0.717) is 11.0 Å². The number of benzene rings is 2. The van der Waals surface area contributed by atoms with E-state index in [1.54, 1.807) is 31.2 Å². The predicted molar refractivity (Wildman–Crippen MR) is 94.1 cm³/mol. The van der Waals surface area contributed by atoms with Gasteiger partial charge in [-0.3, -0.25) is 14.4 Å². The van der Waals surface area contributed by atoms with E-state index in [-0.39, 0.29) is 18.2 Å². The molecule has 0 saturated carbocycles. The maximum Gasteiger partial charge on any atom is 0.288 e. The number of nitrogens with zero attached hydrogens (tertiary/aromatic N) is 1. The summed E-state index contributed by atoms with van der Waals surface area (Å²) in [5, 5.41) is 2.64. The van der Waals surface area contributed by atoms with Gasteiger partial charge in [-0.15, -0.1) is 0 Å². The molecule has 0 radical (unpaired) electrons. The molecule has 1 unspecified atom stereocenters. The lowest BCUT2D eigenvalue weighted by molar-refractivity contribution is -0.138. The number of ketones is 1. The monoisotopic (exact) mass is 335 g/mol. The molecule has 126 valence electrons. The Bertz CT molecular complexity index is 980. The van der Waals surface area contributed by atoms with Crippen LogP contribution in [0.1, 0.15) is 24.2 Å². The first kappa shape index (κ1) is 16.6. The molecule has 2 N–H and O–H groups in total. The number of aromatic amines is 1. The van der Waals surface area contributed by atoms with Gasteiger partial charge in [-0.05, 0) is 24.6 Å². The molecule has 1 aromatic heterocycles. The van der Waals surface area contributed by atoms with E-state index in [0.717, 1.165) is 5.56 Å².